The first-order valence-electron chi connectivity index (χ1n) is 9.00. The number of amides is 1. The molecule has 0 fully saturated rings. The highest BCUT2D eigenvalue weighted by molar-refractivity contribution is 5.98. The normalized spacial score (nSPS) is 14.1. The second-order valence-electron chi connectivity index (χ2n) is 7.40. The molecule has 1 aliphatic heterocycles. The van der Waals surface area contributed by atoms with Crippen molar-refractivity contribution in [2.45, 2.75) is 26.4 Å². The van der Waals surface area contributed by atoms with Crippen molar-refractivity contribution in [2.75, 3.05) is 20.6 Å². The van der Waals surface area contributed by atoms with Gasteiger partial charge in [-0.3, -0.25) is 9.89 Å². The van der Waals surface area contributed by atoms with Gasteiger partial charge >= 0.3 is 0 Å². The molecule has 0 radical (unpaired) electrons. The Bertz CT molecular complexity index is 973. The van der Waals surface area contributed by atoms with E-state index in [2.05, 4.69) is 47.4 Å². The van der Waals surface area contributed by atoms with Gasteiger partial charge in [0.15, 0.2) is 0 Å². The molecule has 26 heavy (non-hydrogen) atoms. The Balaban J connectivity index is 1.55. The fourth-order valence-corrected chi connectivity index (χ4v) is 3.70. The van der Waals surface area contributed by atoms with Gasteiger partial charge in [-0.05, 0) is 62.3 Å². The van der Waals surface area contributed by atoms with Crippen LogP contribution >= 0.6 is 0 Å². The Hall–Kier alpha value is -2.66. The molecule has 1 aromatic heterocycles. The van der Waals surface area contributed by atoms with Crippen molar-refractivity contribution >= 4 is 16.8 Å². The number of aromatic amines is 1. The zero-order valence-electron chi connectivity index (χ0n) is 15.5. The predicted octanol–water partition coefficient (Wildman–Crippen LogP) is 3.13. The van der Waals surface area contributed by atoms with Crippen molar-refractivity contribution in [3.63, 3.8) is 0 Å². The van der Waals surface area contributed by atoms with E-state index in [1.807, 2.05) is 30.0 Å². The van der Waals surface area contributed by atoms with Crippen LogP contribution in [0.2, 0.25) is 0 Å². The van der Waals surface area contributed by atoms with E-state index < -0.39 is 0 Å². The molecule has 5 nitrogen and oxygen atoms in total. The Kier molecular flexibility index (Phi) is 4.24. The van der Waals surface area contributed by atoms with E-state index in [4.69, 9.17) is 0 Å². The van der Waals surface area contributed by atoms with Crippen LogP contribution in [-0.2, 0) is 19.5 Å². The molecule has 3 aromatic rings. The van der Waals surface area contributed by atoms with Crippen molar-refractivity contribution in [1.82, 2.24) is 20.0 Å². The van der Waals surface area contributed by atoms with Gasteiger partial charge in [-0.2, -0.15) is 5.10 Å². The number of carbonyl (C=O) groups is 1. The van der Waals surface area contributed by atoms with Crippen molar-refractivity contribution in [1.29, 1.82) is 0 Å². The number of nitrogens with one attached hydrogen (secondary N) is 1. The molecule has 1 amide bonds. The molecular formula is C21H24N4O. The maximum atomic E-state index is 13.0. The molecule has 1 N–H and O–H groups in total. The monoisotopic (exact) mass is 348 g/mol. The highest BCUT2D eigenvalue weighted by atomic mass is 16.2. The van der Waals surface area contributed by atoms with Gasteiger partial charge in [0, 0.05) is 36.3 Å². The van der Waals surface area contributed by atoms with Gasteiger partial charge < -0.3 is 9.80 Å². The summed E-state index contributed by atoms with van der Waals surface area (Å²) in [7, 11) is 4.16. The number of aromatic nitrogens is 2. The summed E-state index contributed by atoms with van der Waals surface area (Å²) in [6.45, 7) is 4.37. The van der Waals surface area contributed by atoms with Crippen LogP contribution in [0.5, 0.6) is 0 Å². The highest BCUT2D eigenvalue weighted by Gasteiger charge is 2.22. The Labute approximate surface area is 153 Å². The van der Waals surface area contributed by atoms with E-state index in [1.165, 1.54) is 16.7 Å². The van der Waals surface area contributed by atoms with Crippen molar-refractivity contribution in [3.05, 3.63) is 64.3 Å². The lowest BCUT2D eigenvalue weighted by Crippen LogP contribution is -2.36. The summed E-state index contributed by atoms with van der Waals surface area (Å²) in [6, 6.07) is 12.4. The Morgan fingerprint density at radius 2 is 2.04 bits per heavy atom. The number of fused-ring (bicyclic) bond motifs is 2. The molecule has 1 aliphatic rings. The third kappa shape index (κ3) is 3.10. The molecule has 134 valence electrons. The molecule has 0 saturated carbocycles. The first kappa shape index (κ1) is 16.8. The molecule has 4 rings (SSSR count). The number of hydrogen-bond donors (Lipinski definition) is 1. The van der Waals surface area contributed by atoms with Crippen LogP contribution in [0, 0.1) is 6.92 Å². The number of benzene rings is 2. The number of H-pyrrole nitrogens is 1. The third-order valence-corrected chi connectivity index (χ3v) is 5.06. The molecule has 0 saturated heterocycles. The summed E-state index contributed by atoms with van der Waals surface area (Å²) in [6.07, 6.45) is 0.912. The van der Waals surface area contributed by atoms with Gasteiger partial charge in [0.25, 0.3) is 5.91 Å². The van der Waals surface area contributed by atoms with E-state index in [0.29, 0.717) is 6.54 Å². The summed E-state index contributed by atoms with van der Waals surface area (Å²) < 4.78 is 0. The van der Waals surface area contributed by atoms with Gasteiger partial charge in [0.2, 0.25) is 0 Å². The van der Waals surface area contributed by atoms with Crippen molar-refractivity contribution in [2.24, 2.45) is 0 Å². The molecule has 2 aromatic carbocycles. The maximum Gasteiger partial charge on any atom is 0.254 e. The first-order chi connectivity index (χ1) is 12.5. The largest absolute Gasteiger partial charge is 0.334 e. The molecule has 0 bridgehead atoms. The molecule has 0 aliphatic carbocycles. The first-order valence-corrected chi connectivity index (χ1v) is 9.00. The van der Waals surface area contributed by atoms with Crippen LogP contribution in [0.4, 0.5) is 0 Å². The molecule has 2 heterocycles. The average molecular weight is 348 g/mol. The molecule has 5 heteroatoms. The topological polar surface area (TPSA) is 52.2 Å². The van der Waals surface area contributed by atoms with Gasteiger partial charge in [-0.15, -0.1) is 0 Å². The van der Waals surface area contributed by atoms with Crippen LogP contribution in [-0.4, -0.2) is 46.5 Å². The second-order valence-corrected chi connectivity index (χ2v) is 7.40. The smallest absolute Gasteiger partial charge is 0.254 e. The van der Waals surface area contributed by atoms with Crippen LogP contribution in [0.15, 0.2) is 36.4 Å². The summed E-state index contributed by atoms with van der Waals surface area (Å²) in [4.78, 5) is 17.1. The number of rotatable bonds is 3. The lowest BCUT2D eigenvalue weighted by molar-refractivity contribution is 0.0735. The summed E-state index contributed by atoms with van der Waals surface area (Å²) >= 11 is 0. The van der Waals surface area contributed by atoms with Gasteiger partial charge in [-0.1, -0.05) is 18.2 Å². The summed E-state index contributed by atoms with van der Waals surface area (Å²) in [5, 5.41) is 8.23. The number of aryl methyl sites for hydroxylation is 1. The van der Waals surface area contributed by atoms with Gasteiger partial charge in [0.1, 0.15) is 0 Å². The fourth-order valence-electron chi connectivity index (χ4n) is 3.70. The molecule has 0 spiro atoms. The third-order valence-electron chi connectivity index (χ3n) is 5.06. The average Bonchev–Trinajstić information content (AvgIpc) is 3.00. The van der Waals surface area contributed by atoms with E-state index in [0.717, 1.165) is 41.7 Å². The SMILES string of the molecule is Cc1[nH]nc2ccc(C(=O)N3CCc4cc(CN(C)C)ccc4C3)cc12. The van der Waals surface area contributed by atoms with E-state index >= 15 is 0 Å². The fraction of sp³-hybridized carbons (Fsp3) is 0.333. The minimum Gasteiger partial charge on any atom is -0.334 e. The Morgan fingerprint density at radius 3 is 2.85 bits per heavy atom. The van der Waals surface area contributed by atoms with Crippen molar-refractivity contribution in [3.8, 4) is 0 Å². The standard InChI is InChI=1S/C21H24N4O/c1-14-19-11-17(6-7-20(19)23-22-14)21(26)25-9-8-16-10-15(12-24(2)3)4-5-18(16)13-25/h4-7,10-11H,8-9,12-13H2,1-3H3,(H,22,23). The molecular weight excluding hydrogens is 324 g/mol. The molecule has 0 atom stereocenters. The van der Waals surface area contributed by atoms with E-state index in [-0.39, 0.29) is 5.91 Å². The number of carbonyl (C=O) groups excluding carboxylic acids is 1. The Morgan fingerprint density at radius 1 is 1.19 bits per heavy atom. The quantitative estimate of drug-likeness (QED) is 0.791. The zero-order chi connectivity index (χ0) is 18.3. The van der Waals surface area contributed by atoms with Crippen LogP contribution in [0.25, 0.3) is 10.9 Å². The van der Waals surface area contributed by atoms with E-state index in [1.54, 1.807) is 0 Å². The maximum absolute atomic E-state index is 13.0. The van der Waals surface area contributed by atoms with Crippen molar-refractivity contribution < 1.29 is 4.79 Å². The van der Waals surface area contributed by atoms with Gasteiger partial charge in [-0.25, -0.2) is 0 Å². The minimum atomic E-state index is 0.0931. The number of nitrogens with zero attached hydrogens (tertiary/aromatic N) is 3. The van der Waals surface area contributed by atoms with E-state index in [9.17, 15) is 4.79 Å². The summed E-state index contributed by atoms with van der Waals surface area (Å²) in [5.74, 6) is 0.0931. The lowest BCUT2D eigenvalue weighted by atomic mass is 9.96. The lowest BCUT2D eigenvalue weighted by Gasteiger charge is -2.29. The second kappa shape index (κ2) is 6.57. The highest BCUT2D eigenvalue weighted by Crippen LogP contribution is 2.24. The van der Waals surface area contributed by atoms with Crippen LogP contribution in [0.3, 0.4) is 0 Å². The summed E-state index contributed by atoms with van der Waals surface area (Å²) in [5.41, 5.74) is 6.58. The number of hydrogen-bond acceptors (Lipinski definition) is 3. The van der Waals surface area contributed by atoms with Gasteiger partial charge in [0.05, 0.1) is 5.52 Å². The minimum absolute atomic E-state index is 0.0931. The van der Waals surface area contributed by atoms with Crippen LogP contribution in [0.1, 0.15) is 32.7 Å². The predicted molar refractivity (Wildman–Crippen MR) is 103 cm³/mol. The zero-order valence-corrected chi connectivity index (χ0v) is 15.5. The molecule has 0 unspecified atom stereocenters. The van der Waals surface area contributed by atoms with Crippen LogP contribution < -0.4 is 0 Å².